The van der Waals surface area contributed by atoms with Gasteiger partial charge in [-0.25, -0.2) is 0 Å². The lowest BCUT2D eigenvalue weighted by Gasteiger charge is -2.33. The van der Waals surface area contributed by atoms with E-state index in [0.29, 0.717) is 0 Å². The molecule has 4 rings (SSSR count). The minimum Gasteiger partial charge on any atom is -0.0654 e. The maximum absolute atomic E-state index is 2.61. The number of fused-ring (bicyclic) bond motifs is 4. The Morgan fingerprint density at radius 2 is 0.889 bits per heavy atom. The van der Waals surface area contributed by atoms with E-state index in [4.69, 9.17) is 0 Å². The van der Waals surface area contributed by atoms with Gasteiger partial charge in [-0.15, -0.1) is 0 Å². The first-order valence-electron chi connectivity index (χ1n) is 20.0. The third kappa shape index (κ3) is 10.9. The molecule has 0 bridgehead atoms. The van der Waals surface area contributed by atoms with Crippen LogP contribution in [0.3, 0.4) is 0 Å². The van der Waals surface area contributed by atoms with Crippen LogP contribution in [0.2, 0.25) is 0 Å². The van der Waals surface area contributed by atoms with Gasteiger partial charge in [-0.1, -0.05) is 204 Å². The highest BCUT2D eigenvalue weighted by Crippen LogP contribution is 2.55. The van der Waals surface area contributed by atoms with Crippen LogP contribution in [0, 0.1) is 6.42 Å². The van der Waals surface area contributed by atoms with E-state index in [0.717, 1.165) is 0 Å². The van der Waals surface area contributed by atoms with Gasteiger partial charge in [0.05, 0.1) is 0 Å². The van der Waals surface area contributed by atoms with Crippen LogP contribution >= 0.6 is 0 Å². The van der Waals surface area contributed by atoms with Crippen molar-refractivity contribution in [3.05, 3.63) is 70.6 Å². The second kappa shape index (κ2) is 20.4. The number of rotatable bonds is 26. The van der Waals surface area contributed by atoms with E-state index in [1.807, 2.05) is 0 Å². The molecule has 2 aromatic carbocycles. The molecule has 0 fully saturated rings. The summed E-state index contributed by atoms with van der Waals surface area (Å²) in [5.41, 5.74) is 10.8. The van der Waals surface area contributed by atoms with Crippen molar-refractivity contribution in [2.75, 3.05) is 0 Å². The molecular formula is C45H69. The Labute approximate surface area is 280 Å². The third-order valence-electron chi connectivity index (χ3n) is 11.2. The van der Waals surface area contributed by atoms with E-state index in [-0.39, 0.29) is 5.41 Å². The molecule has 0 unspecified atom stereocenters. The van der Waals surface area contributed by atoms with E-state index in [9.17, 15) is 0 Å². The molecular weight excluding hydrogens is 540 g/mol. The highest BCUT2D eigenvalue weighted by atomic mass is 14.5. The molecule has 0 atom stereocenters. The molecule has 1 radical (unpaired) electrons. The minimum atomic E-state index is 0.197. The van der Waals surface area contributed by atoms with Crippen molar-refractivity contribution in [3.8, 4) is 11.1 Å². The molecule has 2 aromatic rings. The summed E-state index contributed by atoms with van der Waals surface area (Å²) < 4.78 is 0. The highest BCUT2D eigenvalue weighted by Gasteiger charge is 2.42. The van der Waals surface area contributed by atoms with Crippen LogP contribution in [-0.4, -0.2) is 0 Å². The first kappa shape index (κ1) is 36.0. The summed E-state index contributed by atoms with van der Waals surface area (Å²) in [5, 5.41) is 0. The Morgan fingerprint density at radius 3 is 1.38 bits per heavy atom. The molecule has 0 aliphatic heterocycles. The molecule has 2 aliphatic rings. The number of hydrogen-bond donors (Lipinski definition) is 0. The molecule has 0 N–H and O–H groups in total. The van der Waals surface area contributed by atoms with E-state index >= 15 is 0 Å². The fraction of sp³-hybridized carbons (Fsp3) is 0.667. The summed E-state index contributed by atoms with van der Waals surface area (Å²) in [6.45, 7) is 6.88. The molecule has 0 saturated carbocycles. The molecule has 2 aliphatic carbocycles. The Hall–Kier alpha value is -1.82. The zero-order valence-electron chi connectivity index (χ0n) is 30.0. The molecule has 0 saturated heterocycles. The van der Waals surface area contributed by atoms with E-state index < -0.39 is 0 Å². The molecule has 0 heterocycles. The second-order valence-electron chi connectivity index (χ2n) is 15.0. The highest BCUT2D eigenvalue weighted by molar-refractivity contribution is 5.85. The van der Waals surface area contributed by atoms with Crippen LogP contribution in [0.1, 0.15) is 210 Å². The van der Waals surface area contributed by atoms with Crippen molar-refractivity contribution in [1.29, 1.82) is 0 Å². The molecule has 0 nitrogen and oxygen atoms in total. The van der Waals surface area contributed by atoms with Gasteiger partial charge < -0.3 is 0 Å². The summed E-state index contributed by atoms with van der Waals surface area (Å²) in [7, 11) is 0. The zero-order valence-corrected chi connectivity index (χ0v) is 30.0. The van der Waals surface area contributed by atoms with Gasteiger partial charge >= 0.3 is 0 Å². The van der Waals surface area contributed by atoms with E-state index in [1.54, 1.807) is 11.1 Å². The van der Waals surface area contributed by atoms with Crippen molar-refractivity contribution in [1.82, 2.24) is 0 Å². The van der Waals surface area contributed by atoms with Gasteiger partial charge in [0.1, 0.15) is 0 Å². The minimum absolute atomic E-state index is 0.197. The van der Waals surface area contributed by atoms with Gasteiger partial charge in [0.25, 0.3) is 0 Å². The summed E-state index contributed by atoms with van der Waals surface area (Å²) in [5.74, 6) is 0. The van der Waals surface area contributed by atoms with Crippen LogP contribution in [0.25, 0.3) is 17.2 Å². The molecule has 45 heavy (non-hydrogen) atoms. The van der Waals surface area contributed by atoms with Crippen molar-refractivity contribution >= 4 is 6.08 Å². The third-order valence-corrected chi connectivity index (χ3v) is 11.2. The predicted molar refractivity (Wildman–Crippen MR) is 201 cm³/mol. The lowest BCUT2D eigenvalue weighted by atomic mass is 9.70. The van der Waals surface area contributed by atoms with Crippen LogP contribution < -0.4 is 0 Å². The average molecular weight is 610 g/mol. The lowest BCUT2D eigenvalue weighted by molar-refractivity contribution is 0.396. The summed E-state index contributed by atoms with van der Waals surface area (Å²) in [6, 6.07) is 14.6. The Morgan fingerprint density at radius 1 is 0.444 bits per heavy atom. The quantitative estimate of drug-likeness (QED) is 0.0931. The molecule has 0 amide bonds. The van der Waals surface area contributed by atoms with Crippen LogP contribution in [-0.2, 0) is 5.41 Å². The normalized spacial score (nSPS) is 14.4. The predicted octanol–water partition coefficient (Wildman–Crippen LogP) is 15.1. The van der Waals surface area contributed by atoms with Crippen molar-refractivity contribution in [3.63, 3.8) is 0 Å². The maximum Gasteiger partial charge on any atom is 0.0215 e. The van der Waals surface area contributed by atoms with Gasteiger partial charge in [-0.05, 0) is 65.3 Å². The van der Waals surface area contributed by atoms with Gasteiger partial charge in [-0.3, -0.25) is 0 Å². The number of unbranched alkanes of at least 4 members (excludes halogenated alkanes) is 22. The first-order valence-corrected chi connectivity index (χ1v) is 20.0. The summed E-state index contributed by atoms with van der Waals surface area (Å²) in [6.07, 6.45) is 41.6. The smallest absolute Gasteiger partial charge is 0.0215 e. The Balaban J connectivity index is 1.30. The number of hydrogen-bond acceptors (Lipinski definition) is 0. The van der Waals surface area contributed by atoms with E-state index in [2.05, 4.69) is 69.7 Å². The SMILES string of the molecule is CCCCCCCCCCCCCCC1(CCCCCCCCCCCCCC)c2ccccc2-c2cc3c(cc21)C=C(C)[CH]3. The monoisotopic (exact) mass is 610 g/mol. The Kier molecular flexibility index (Phi) is 16.3. The summed E-state index contributed by atoms with van der Waals surface area (Å²) >= 11 is 0. The molecule has 0 spiro atoms. The lowest BCUT2D eigenvalue weighted by Crippen LogP contribution is -2.25. The number of allylic oxidation sites excluding steroid dienone is 1. The molecule has 0 aromatic heterocycles. The number of benzene rings is 2. The largest absolute Gasteiger partial charge is 0.0654 e. The van der Waals surface area contributed by atoms with Gasteiger partial charge in [-0.2, -0.15) is 0 Å². The van der Waals surface area contributed by atoms with Crippen LogP contribution in [0.4, 0.5) is 0 Å². The van der Waals surface area contributed by atoms with Crippen LogP contribution in [0.5, 0.6) is 0 Å². The van der Waals surface area contributed by atoms with Crippen LogP contribution in [0.15, 0.2) is 42.0 Å². The van der Waals surface area contributed by atoms with Gasteiger partial charge in [0.2, 0.25) is 0 Å². The fourth-order valence-electron chi connectivity index (χ4n) is 8.51. The van der Waals surface area contributed by atoms with Crippen molar-refractivity contribution < 1.29 is 0 Å². The second-order valence-corrected chi connectivity index (χ2v) is 15.0. The van der Waals surface area contributed by atoms with Crippen molar-refractivity contribution in [2.24, 2.45) is 0 Å². The maximum atomic E-state index is 2.61. The Bertz CT molecular complexity index is 1100. The summed E-state index contributed by atoms with van der Waals surface area (Å²) in [4.78, 5) is 0. The van der Waals surface area contributed by atoms with Gasteiger partial charge in [0.15, 0.2) is 0 Å². The van der Waals surface area contributed by atoms with E-state index in [1.165, 1.54) is 195 Å². The average Bonchev–Trinajstić information content (AvgIpc) is 3.55. The topological polar surface area (TPSA) is 0 Å². The zero-order chi connectivity index (χ0) is 31.6. The first-order chi connectivity index (χ1) is 22.2. The molecule has 249 valence electrons. The standard InChI is InChI=1S/C45H69/c1-4-6-8-10-12-14-16-18-20-22-24-28-32-45(33-29-25-23-21-19-17-15-13-11-9-7-5-2)43-31-27-26-30-41(43)42-36-39-34-38(3)35-40(39)37-44(42)45/h26-27,30-31,34-37H,4-25,28-29,32-33H2,1-3H3. The fourth-order valence-corrected chi connectivity index (χ4v) is 8.51. The van der Waals surface area contributed by atoms with Gasteiger partial charge in [0, 0.05) is 11.8 Å². The molecule has 0 heteroatoms. The van der Waals surface area contributed by atoms with Crippen molar-refractivity contribution in [2.45, 2.75) is 193 Å².